The van der Waals surface area contributed by atoms with E-state index in [-0.39, 0.29) is 10.2 Å². The second-order valence-corrected chi connectivity index (χ2v) is 5.51. The first-order valence-electron chi connectivity index (χ1n) is 6.13. The van der Waals surface area contributed by atoms with Crippen molar-refractivity contribution in [1.29, 1.82) is 0 Å². The number of ketones is 1. The van der Waals surface area contributed by atoms with Gasteiger partial charge in [-0.2, -0.15) is 13.2 Å². The quantitative estimate of drug-likeness (QED) is 0.490. The van der Waals surface area contributed by atoms with E-state index in [1.54, 1.807) is 0 Å². The number of alkyl halides is 3. The van der Waals surface area contributed by atoms with Crippen molar-refractivity contribution in [1.82, 2.24) is 0 Å². The predicted octanol–water partition coefficient (Wildman–Crippen LogP) is 5.74. The molecular formula is C15H8BrF5O2. The molecule has 0 spiro atoms. The van der Waals surface area contributed by atoms with E-state index >= 15 is 0 Å². The van der Waals surface area contributed by atoms with Crippen molar-refractivity contribution < 1.29 is 31.5 Å². The average Bonchev–Trinajstić information content (AvgIpc) is 2.40. The third-order valence-corrected chi connectivity index (χ3v) is 3.29. The number of halogens is 6. The summed E-state index contributed by atoms with van der Waals surface area (Å²) in [5.41, 5.74) is -1.48. The third kappa shape index (κ3) is 4.07. The van der Waals surface area contributed by atoms with Gasteiger partial charge in [0.25, 0.3) is 0 Å². The Labute approximate surface area is 136 Å². The summed E-state index contributed by atoms with van der Waals surface area (Å²) in [6.07, 6.45) is -4.62. The topological polar surface area (TPSA) is 26.3 Å². The zero-order valence-corrected chi connectivity index (χ0v) is 13.1. The van der Waals surface area contributed by atoms with E-state index in [1.807, 2.05) is 0 Å². The van der Waals surface area contributed by atoms with Gasteiger partial charge in [0, 0.05) is 10.5 Å². The van der Waals surface area contributed by atoms with Crippen LogP contribution in [0.3, 0.4) is 0 Å². The monoisotopic (exact) mass is 394 g/mol. The molecule has 0 aliphatic carbocycles. The molecule has 0 unspecified atom stereocenters. The highest BCUT2D eigenvalue weighted by Crippen LogP contribution is 2.36. The van der Waals surface area contributed by atoms with Gasteiger partial charge in [0.1, 0.15) is 11.6 Å². The van der Waals surface area contributed by atoms with E-state index in [2.05, 4.69) is 15.9 Å². The minimum absolute atomic E-state index is 0.0589. The number of carbonyl (C=O) groups excluding carboxylic acids is 1. The SMILES string of the molecule is CC(=O)c1cc(F)c(Oc2cc(Br)cc(C(F)(F)F)c2)cc1F. The number of benzene rings is 2. The molecule has 0 saturated heterocycles. The van der Waals surface area contributed by atoms with Crippen molar-refractivity contribution in [2.75, 3.05) is 0 Å². The largest absolute Gasteiger partial charge is 0.454 e. The number of rotatable bonds is 3. The van der Waals surface area contributed by atoms with Gasteiger partial charge in [-0.15, -0.1) is 0 Å². The molecule has 8 heteroatoms. The Morgan fingerprint density at radius 2 is 1.70 bits per heavy atom. The van der Waals surface area contributed by atoms with Gasteiger partial charge in [-0.3, -0.25) is 4.79 Å². The highest BCUT2D eigenvalue weighted by molar-refractivity contribution is 9.10. The summed E-state index contributed by atoms with van der Waals surface area (Å²) >= 11 is 2.89. The van der Waals surface area contributed by atoms with Crippen LogP contribution < -0.4 is 4.74 Å². The fourth-order valence-corrected chi connectivity index (χ4v) is 2.26. The Balaban J connectivity index is 2.42. The van der Waals surface area contributed by atoms with Gasteiger partial charge >= 0.3 is 6.18 Å². The molecule has 0 amide bonds. The number of ether oxygens (including phenoxy) is 1. The Hall–Kier alpha value is -1.96. The van der Waals surface area contributed by atoms with Crippen molar-refractivity contribution in [2.45, 2.75) is 13.1 Å². The Bertz CT molecular complexity index is 771. The van der Waals surface area contributed by atoms with Crippen molar-refractivity contribution in [2.24, 2.45) is 0 Å². The summed E-state index contributed by atoms with van der Waals surface area (Å²) in [4.78, 5) is 11.1. The van der Waals surface area contributed by atoms with Crippen molar-refractivity contribution in [3.63, 3.8) is 0 Å². The van der Waals surface area contributed by atoms with Crippen LogP contribution in [0.2, 0.25) is 0 Å². The molecule has 0 aliphatic heterocycles. The number of carbonyl (C=O) groups is 1. The molecule has 122 valence electrons. The molecule has 2 rings (SSSR count). The first kappa shape index (κ1) is 17.4. The fraction of sp³-hybridized carbons (Fsp3) is 0.133. The van der Waals surface area contributed by atoms with Gasteiger partial charge in [0.2, 0.25) is 0 Å². The summed E-state index contributed by atoms with van der Waals surface area (Å²) in [6, 6.07) is 3.89. The van der Waals surface area contributed by atoms with Gasteiger partial charge in [0.05, 0.1) is 11.1 Å². The van der Waals surface area contributed by atoms with Gasteiger partial charge in [0.15, 0.2) is 17.3 Å². The Kier molecular flexibility index (Phi) is 4.74. The van der Waals surface area contributed by atoms with E-state index < -0.39 is 40.5 Å². The standard InChI is InChI=1S/C15H8BrF5O2/c1-7(22)11-5-13(18)14(6-12(11)17)23-10-3-8(15(19,20)21)2-9(16)4-10/h2-6H,1H3. The van der Waals surface area contributed by atoms with Crippen molar-refractivity contribution in [3.05, 3.63) is 57.6 Å². The van der Waals surface area contributed by atoms with Gasteiger partial charge in [-0.25, -0.2) is 8.78 Å². The summed E-state index contributed by atoms with van der Waals surface area (Å²) in [7, 11) is 0. The molecule has 0 saturated carbocycles. The lowest BCUT2D eigenvalue weighted by Crippen LogP contribution is -2.05. The lowest BCUT2D eigenvalue weighted by atomic mass is 10.1. The molecule has 2 nitrogen and oxygen atoms in total. The molecule has 0 fully saturated rings. The second kappa shape index (κ2) is 6.27. The van der Waals surface area contributed by atoms with Crippen LogP contribution in [0.1, 0.15) is 22.8 Å². The normalized spacial score (nSPS) is 11.4. The van der Waals surface area contributed by atoms with Crippen LogP contribution in [0, 0.1) is 11.6 Å². The van der Waals surface area contributed by atoms with E-state index in [4.69, 9.17) is 4.74 Å². The van der Waals surface area contributed by atoms with Crippen LogP contribution in [-0.2, 0) is 6.18 Å². The maximum Gasteiger partial charge on any atom is 0.416 e. The summed E-state index contributed by atoms with van der Waals surface area (Å²) in [5.74, 6) is -3.74. The average molecular weight is 395 g/mol. The van der Waals surface area contributed by atoms with Crippen LogP contribution >= 0.6 is 15.9 Å². The Morgan fingerprint density at radius 3 is 2.26 bits per heavy atom. The summed E-state index contributed by atoms with van der Waals surface area (Å²) in [5, 5.41) is 0. The first-order chi connectivity index (χ1) is 10.6. The van der Waals surface area contributed by atoms with Crippen LogP contribution in [0.5, 0.6) is 11.5 Å². The first-order valence-corrected chi connectivity index (χ1v) is 6.93. The number of hydrogen-bond donors (Lipinski definition) is 0. The van der Waals surface area contributed by atoms with E-state index in [0.717, 1.165) is 13.0 Å². The minimum Gasteiger partial charge on any atom is -0.454 e. The van der Waals surface area contributed by atoms with Crippen LogP contribution in [-0.4, -0.2) is 5.78 Å². The zero-order chi connectivity index (χ0) is 17.4. The van der Waals surface area contributed by atoms with Crippen LogP contribution in [0.25, 0.3) is 0 Å². The predicted molar refractivity (Wildman–Crippen MR) is 75.6 cm³/mol. The maximum absolute atomic E-state index is 13.8. The molecule has 2 aromatic carbocycles. The molecule has 0 heterocycles. The highest BCUT2D eigenvalue weighted by atomic mass is 79.9. The zero-order valence-electron chi connectivity index (χ0n) is 11.5. The van der Waals surface area contributed by atoms with E-state index in [0.29, 0.717) is 18.2 Å². The molecule has 0 N–H and O–H groups in total. The molecule has 0 aromatic heterocycles. The van der Waals surface area contributed by atoms with Crippen LogP contribution in [0.4, 0.5) is 22.0 Å². The summed E-state index contributed by atoms with van der Waals surface area (Å²) in [6.45, 7) is 1.06. The minimum atomic E-state index is -4.62. The number of Topliss-reactive ketones (excluding diaryl/α,β-unsaturated/α-hetero) is 1. The molecular weight excluding hydrogens is 387 g/mol. The third-order valence-electron chi connectivity index (χ3n) is 2.83. The van der Waals surface area contributed by atoms with E-state index in [9.17, 15) is 26.7 Å². The van der Waals surface area contributed by atoms with Crippen LogP contribution in [0.15, 0.2) is 34.8 Å². The lowest BCUT2D eigenvalue weighted by Gasteiger charge is -2.12. The molecule has 0 aliphatic rings. The van der Waals surface area contributed by atoms with Gasteiger partial charge in [-0.1, -0.05) is 15.9 Å². The summed E-state index contributed by atoms with van der Waals surface area (Å²) < 4.78 is 70.7. The highest BCUT2D eigenvalue weighted by Gasteiger charge is 2.31. The molecule has 2 aromatic rings. The van der Waals surface area contributed by atoms with Gasteiger partial charge in [-0.05, 0) is 31.2 Å². The van der Waals surface area contributed by atoms with Crippen molar-refractivity contribution in [3.8, 4) is 11.5 Å². The second-order valence-electron chi connectivity index (χ2n) is 4.59. The fourth-order valence-electron chi connectivity index (χ4n) is 1.79. The molecule has 0 radical (unpaired) electrons. The lowest BCUT2D eigenvalue weighted by molar-refractivity contribution is -0.137. The number of hydrogen-bond acceptors (Lipinski definition) is 2. The van der Waals surface area contributed by atoms with E-state index in [1.165, 1.54) is 6.07 Å². The van der Waals surface area contributed by atoms with Crippen molar-refractivity contribution >= 4 is 21.7 Å². The molecule has 0 bridgehead atoms. The molecule has 23 heavy (non-hydrogen) atoms. The Morgan fingerprint density at radius 1 is 1.04 bits per heavy atom. The molecule has 0 atom stereocenters. The maximum atomic E-state index is 13.8. The van der Waals surface area contributed by atoms with Gasteiger partial charge < -0.3 is 4.74 Å². The smallest absolute Gasteiger partial charge is 0.416 e.